The number of ether oxygens (including phenoxy) is 1. The fourth-order valence-corrected chi connectivity index (χ4v) is 3.43. The molecule has 2 aliphatic heterocycles. The highest BCUT2D eigenvalue weighted by molar-refractivity contribution is 5.97. The molecule has 0 fully saturated rings. The second kappa shape index (κ2) is 5.76. The number of rotatable bonds is 2. The van der Waals surface area contributed by atoms with Crippen LogP contribution in [0.4, 0.5) is 0 Å². The molecule has 5 nitrogen and oxygen atoms in total. The van der Waals surface area contributed by atoms with Gasteiger partial charge in [-0.25, -0.2) is 4.79 Å². The molecule has 0 bridgehead atoms. The van der Waals surface area contributed by atoms with Gasteiger partial charge in [0.2, 0.25) is 0 Å². The van der Waals surface area contributed by atoms with E-state index in [1.807, 2.05) is 36.4 Å². The lowest BCUT2D eigenvalue weighted by Crippen LogP contribution is -2.48. The number of amides is 1. The van der Waals surface area contributed by atoms with E-state index in [2.05, 4.69) is 0 Å². The van der Waals surface area contributed by atoms with E-state index in [1.54, 1.807) is 6.07 Å². The minimum Gasteiger partial charge on any atom is -0.480 e. The molecule has 5 heteroatoms. The Morgan fingerprint density at radius 2 is 1.75 bits per heavy atom. The lowest BCUT2D eigenvalue weighted by atomic mass is 9.93. The minimum absolute atomic E-state index is 0.244. The van der Waals surface area contributed by atoms with Crippen LogP contribution >= 0.6 is 0 Å². The highest BCUT2D eigenvalue weighted by Crippen LogP contribution is 2.27. The summed E-state index contributed by atoms with van der Waals surface area (Å²) >= 11 is 0. The fourth-order valence-electron chi connectivity index (χ4n) is 3.43. The van der Waals surface area contributed by atoms with Crippen molar-refractivity contribution >= 4 is 11.9 Å². The van der Waals surface area contributed by atoms with Crippen molar-refractivity contribution in [1.82, 2.24) is 4.90 Å². The number of carbonyl (C=O) groups excluding carboxylic acids is 1. The number of benzene rings is 2. The van der Waals surface area contributed by atoms with Gasteiger partial charge in [-0.2, -0.15) is 0 Å². The van der Waals surface area contributed by atoms with Gasteiger partial charge in [-0.05, 0) is 34.4 Å². The molecule has 122 valence electrons. The maximum absolute atomic E-state index is 12.9. The van der Waals surface area contributed by atoms with Gasteiger partial charge in [0.1, 0.15) is 6.04 Å². The summed E-state index contributed by atoms with van der Waals surface area (Å²) in [6, 6.07) is 12.3. The largest absolute Gasteiger partial charge is 0.480 e. The summed E-state index contributed by atoms with van der Waals surface area (Å²) in [6.07, 6.45) is 0.339. The summed E-state index contributed by atoms with van der Waals surface area (Å²) in [5.74, 6) is -1.21. The van der Waals surface area contributed by atoms with Crippen molar-refractivity contribution in [3.05, 3.63) is 70.3 Å². The third-order valence-electron chi connectivity index (χ3n) is 4.76. The zero-order valence-electron chi connectivity index (χ0n) is 13.1. The SMILES string of the molecule is O=C(O)C1Cc2ccccc2CN1C(=O)c1ccc2c(c1)COC2. The highest BCUT2D eigenvalue weighted by Gasteiger charge is 2.35. The van der Waals surface area contributed by atoms with Gasteiger partial charge in [-0.1, -0.05) is 30.3 Å². The molecule has 1 amide bonds. The number of aliphatic carboxylic acids is 1. The smallest absolute Gasteiger partial charge is 0.326 e. The summed E-state index contributed by atoms with van der Waals surface area (Å²) in [4.78, 5) is 26.1. The summed E-state index contributed by atoms with van der Waals surface area (Å²) in [6.45, 7) is 1.39. The van der Waals surface area contributed by atoms with Crippen molar-refractivity contribution in [3.8, 4) is 0 Å². The number of nitrogens with zero attached hydrogens (tertiary/aromatic N) is 1. The first kappa shape index (κ1) is 14.9. The number of carboxylic acid groups (broad SMARTS) is 1. The zero-order chi connectivity index (χ0) is 16.7. The summed E-state index contributed by atoms with van der Waals surface area (Å²) in [7, 11) is 0. The van der Waals surface area contributed by atoms with Crippen LogP contribution < -0.4 is 0 Å². The molecular weight excluding hydrogens is 306 g/mol. The van der Waals surface area contributed by atoms with Crippen LogP contribution in [0.3, 0.4) is 0 Å². The van der Waals surface area contributed by atoms with E-state index in [-0.39, 0.29) is 5.91 Å². The number of carbonyl (C=O) groups is 2. The molecule has 24 heavy (non-hydrogen) atoms. The van der Waals surface area contributed by atoms with Crippen LogP contribution in [0.5, 0.6) is 0 Å². The summed E-state index contributed by atoms with van der Waals surface area (Å²) in [5, 5.41) is 9.57. The number of hydrogen-bond acceptors (Lipinski definition) is 3. The first-order valence-corrected chi connectivity index (χ1v) is 7.93. The van der Waals surface area contributed by atoms with Gasteiger partial charge < -0.3 is 14.7 Å². The molecular formula is C19H17NO4. The molecule has 1 N–H and O–H groups in total. The standard InChI is InChI=1S/C19H17NO4/c21-18(13-5-6-15-10-24-11-16(15)7-13)20-9-14-4-2-1-3-12(14)8-17(20)19(22)23/h1-7,17H,8-11H2,(H,22,23). The van der Waals surface area contributed by atoms with Crippen LogP contribution in [-0.2, 0) is 35.7 Å². The Kier molecular flexibility index (Phi) is 3.58. The third kappa shape index (κ3) is 2.47. The van der Waals surface area contributed by atoms with E-state index in [0.717, 1.165) is 22.3 Å². The monoisotopic (exact) mass is 323 g/mol. The van der Waals surface area contributed by atoms with E-state index in [9.17, 15) is 14.7 Å². The molecule has 0 saturated carbocycles. The Labute approximate surface area is 139 Å². The van der Waals surface area contributed by atoms with Crippen molar-refractivity contribution in [3.63, 3.8) is 0 Å². The molecule has 0 spiro atoms. The van der Waals surface area contributed by atoms with Crippen LogP contribution in [0.25, 0.3) is 0 Å². The average molecular weight is 323 g/mol. The maximum atomic E-state index is 12.9. The summed E-state index contributed by atoms with van der Waals surface area (Å²) in [5.41, 5.74) is 4.62. The van der Waals surface area contributed by atoms with E-state index < -0.39 is 12.0 Å². The molecule has 1 unspecified atom stereocenters. The number of fused-ring (bicyclic) bond motifs is 2. The molecule has 2 aromatic carbocycles. The second-order valence-electron chi connectivity index (χ2n) is 6.24. The molecule has 1 atom stereocenters. The van der Waals surface area contributed by atoms with Gasteiger partial charge in [-0.15, -0.1) is 0 Å². The third-order valence-corrected chi connectivity index (χ3v) is 4.76. The number of hydrogen-bond donors (Lipinski definition) is 1. The quantitative estimate of drug-likeness (QED) is 0.921. The fraction of sp³-hybridized carbons (Fsp3) is 0.263. The molecule has 0 radical (unpaired) electrons. The normalized spacial score (nSPS) is 18.8. The zero-order valence-corrected chi connectivity index (χ0v) is 13.1. The average Bonchev–Trinajstić information content (AvgIpc) is 3.07. The molecule has 4 rings (SSSR count). The van der Waals surface area contributed by atoms with Gasteiger partial charge in [0.25, 0.3) is 5.91 Å². The predicted octanol–water partition coefficient (Wildman–Crippen LogP) is 2.37. The van der Waals surface area contributed by atoms with Crippen LogP contribution in [0.1, 0.15) is 32.6 Å². The predicted molar refractivity (Wildman–Crippen MR) is 86.4 cm³/mol. The first-order valence-electron chi connectivity index (χ1n) is 7.93. The van der Waals surface area contributed by atoms with Crippen molar-refractivity contribution in [2.75, 3.05) is 0 Å². The molecule has 2 aliphatic rings. The Morgan fingerprint density at radius 1 is 1.00 bits per heavy atom. The van der Waals surface area contributed by atoms with E-state index in [0.29, 0.717) is 31.7 Å². The topological polar surface area (TPSA) is 66.8 Å². The molecule has 0 saturated heterocycles. The second-order valence-corrected chi connectivity index (χ2v) is 6.24. The van der Waals surface area contributed by atoms with E-state index in [1.165, 1.54) is 4.90 Å². The first-order chi connectivity index (χ1) is 11.6. The van der Waals surface area contributed by atoms with Crippen LogP contribution in [0.15, 0.2) is 42.5 Å². The van der Waals surface area contributed by atoms with Gasteiger partial charge in [-0.3, -0.25) is 4.79 Å². The van der Waals surface area contributed by atoms with Crippen LogP contribution in [0, 0.1) is 0 Å². The Balaban J connectivity index is 1.68. The van der Waals surface area contributed by atoms with Gasteiger partial charge in [0.15, 0.2) is 0 Å². The Bertz CT molecular complexity index is 830. The highest BCUT2D eigenvalue weighted by atomic mass is 16.5. The Hall–Kier alpha value is -2.66. The van der Waals surface area contributed by atoms with Crippen molar-refractivity contribution in [2.24, 2.45) is 0 Å². The van der Waals surface area contributed by atoms with E-state index in [4.69, 9.17) is 4.74 Å². The number of carboxylic acids is 1. The van der Waals surface area contributed by atoms with E-state index >= 15 is 0 Å². The van der Waals surface area contributed by atoms with Gasteiger partial charge in [0, 0.05) is 18.5 Å². The molecule has 2 heterocycles. The lowest BCUT2D eigenvalue weighted by molar-refractivity contribution is -0.142. The van der Waals surface area contributed by atoms with Crippen LogP contribution in [0.2, 0.25) is 0 Å². The molecule has 2 aromatic rings. The molecule has 0 aliphatic carbocycles. The van der Waals surface area contributed by atoms with Crippen molar-refractivity contribution in [1.29, 1.82) is 0 Å². The minimum atomic E-state index is -0.970. The van der Waals surface area contributed by atoms with Crippen molar-refractivity contribution in [2.45, 2.75) is 32.2 Å². The maximum Gasteiger partial charge on any atom is 0.326 e. The van der Waals surface area contributed by atoms with Crippen LogP contribution in [-0.4, -0.2) is 27.9 Å². The van der Waals surface area contributed by atoms with Crippen molar-refractivity contribution < 1.29 is 19.4 Å². The Morgan fingerprint density at radius 3 is 2.54 bits per heavy atom. The molecule has 0 aromatic heterocycles. The van der Waals surface area contributed by atoms with Gasteiger partial charge >= 0.3 is 5.97 Å². The summed E-state index contributed by atoms with van der Waals surface area (Å²) < 4.78 is 5.38. The van der Waals surface area contributed by atoms with Gasteiger partial charge in [0.05, 0.1) is 13.2 Å². The lowest BCUT2D eigenvalue weighted by Gasteiger charge is -2.34.